The highest BCUT2D eigenvalue weighted by Gasteiger charge is 2.22. The van der Waals surface area contributed by atoms with Crippen molar-refractivity contribution in [2.75, 3.05) is 11.5 Å². The molecule has 3 nitrogen and oxygen atoms in total. The summed E-state index contributed by atoms with van der Waals surface area (Å²) < 4.78 is 24.3. The molecule has 0 heterocycles. The van der Waals surface area contributed by atoms with Gasteiger partial charge in [-0.25, -0.2) is 8.42 Å². The van der Waals surface area contributed by atoms with Gasteiger partial charge in [0.15, 0.2) is 9.84 Å². The van der Waals surface area contributed by atoms with Crippen molar-refractivity contribution < 1.29 is 8.42 Å². The predicted molar refractivity (Wildman–Crippen MR) is 69.5 cm³/mol. The van der Waals surface area contributed by atoms with Crippen molar-refractivity contribution in [3.8, 4) is 0 Å². The van der Waals surface area contributed by atoms with Gasteiger partial charge in [-0.2, -0.15) is 0 Å². The van der Waals surface area contributed by atoms with E-state index in [0.717, 1.165) is 12.8 Å². The van der Waals surface area contributed by atoms with E-state index in [-0.39, 0.29) is 5.75 Å². The van der Waals surface area contributed by atoms with E-state index in [9.17, 15) is 8.42 Å². The zero-order valence-electron chi connectivity index (χ0n) is 9.93. The van der Waals surface area contributed by atoms with Crippen LogP contribution in [0.2, 0.25) is 0 Å². The minimum Gasteiger partial charge on any atom is -0.399 e. The first-order valence-corrected chi connectivity index (χ1v) is 7.81. The predicted octanol–water partition coefficient (Wildman–Crippen LogP) is 2.62. The van der Waals surface area contributed by atoms with Crippen LogP contribution in [-0.2, 0) is 9.84 Å². The Kier molecular flexibility index (Phi) is 3.72. The van der Waals surface area contributed by atoms with Gasteiger partial charge in [0, 0.05) is 5.69 Å². The Morgan fingerprint density at radius 3 is 2.24 bits per heavy atom. The number of nitrogen functional groups attached to an aromatic ring is 1. The van der Waals surface area contributed by atoms with Crippen LogP contribution in [0.15, 0.2) is 29.2 Å². The summed E-state index contributed by atoms with van der Waals surface area (Å²) in [4.78, 5) is 0.400. The molecule has 94 valence electrons. The number of rotatable bonds is 3. The number of hydrogen-bond donors (Lipinski definition) is 1. The quantitative estimate of drug-likeness (QED) is 0.842. The van der Waals surface area contributed by atoms with E-state index in [1.54, 1.807) is 24.3 Å². The Hall–Kier alpha value is -1.03. The second kappa shape index (κ2) is 5.08. The third kappa shape index (κ3) is 3.22. The molecule has 4 heteroatoms. The number of nitrogens with two attached hydrogens (primary N) is 1. The maximum Gasteiger partial charge on any atom is 0.178 e. The first kappa shape index (κ1) is 12.4. The lowest BCUT2D eigenvalue weighted by Crippen LogP contribution is -2.18. The molecule has 0 aliphatic heterocycles. The van der Waals surface area contributed by atoms with Crippen LogP contribution in [0.1, 0.15) is 32.1 Å². The number of sulfone groups is 1. The molecular formula is C13H19NO2S. The summed E-state index contributed by atoms with van der Waals surface area (Å²) in [6.07, 6.45) is 5.69. The molecule has 0 aromatic heterocycles. The van der Waals surface area contributed by atoms with Gasteiger partial charge in [-0.3, -0.25) is 0 Å². The molecule has 1 saturated carbocycles. The Balaban J connectivity index is 2.10. The van der Waals surface area contributed by atoms with Crippen LogP contribution in [-0.4, -0.2) is 14.2 Å². The second-order valence-electron chi connectivity index (χ2n) is 4.85. The van der Waals surface area contributed by atoms with Gasteiger partial charge in [0.05, 0.1) is 10.6 Å². The maximum atomic E-state index is 12.2. The van der Waals surface area contributed by atoms with Gasteiger partial charge in [-0.15, -0.1) is 0 Å². The Morgan fingerprint density at radius 1 is 1.06 bits per heavy atom. The Morgan fingerprint density at radius 2 is 1.65 bits per heavy atom. The monoisotopic (exact) mass is 253 g/mol. The van der Waals surface area contributed by atoms with Crippen LogP contribution in [0, 0.1) is 5.92 Å². The van der Waals surface area contributed by atoms with Crippen LogP contribution < -0.4 is 5.73 Å². The fourth-order valence-corrected chi connectivity index (χ4v) is 4.13. The lowest BCUT2D eigenvalue weighted by atomic mass is 9.91. The van der Waals surface area contributed by atoms with E-state index < -0.39 is 9.84 Å². The van der Waals surface area contributed by atoms with Gasteiger partial charge in [0.2, 0.25) is 0 Å². The molecule has 17 heavy (non-hydrogen) atoms. The first-order chi connectivity index (χ1) is 8.08. The molecule has 0 radical (unpaired) electrons. The lowest BCUT2D eigenvalue weighted by molar-refractivity contribution is 0.385. The van der Waals surface area contributed by atoms with Gasteiger partial charge >= 0.3 is 0 Å². The summed E-state index contributed by atoms with van der Waals surface area (Å²) >= 11 is 0. The average Bonchev–Trinajstić information content (AvgIpc) is 2.30. The summed E-state index contributed by atoms with van der Waals surface area (Å²) in [7, 11) is -3.13. The number of benzene rings is 1. The minimum atomic E-state index is -3.13. The van der Waals surface area contributed by atoms with E-state index in [2.05, 4.69) is 0 Å². The van der Waals surface area contributed by atoms with Crippen molar-refractivity contribution in [1.29, 1.82) is 0 Å². The molecule has 1 aliphatic rings. The van der Waals surface area contributed by atoms with Crippen molar-refractivity contribution in [3.05, 3.63) is 24.3 Å². The zero-order chi connectivity index (χ0) is 12.3. The van der Waals surface area contributed by atoms with E-state index in [1.165, 1.54) is 19.3 Å². The molecule has 1 fully saturated rings. The molecule has 2 rings (SSSR count). The van der Waals surface area contributed by atoms with E-state index in [1.807, 2.05) is 0 Å². The van der Waals surface area contributed by atoms with E-state index >= 15 is 0 Å². The molecule has 2 N–H and O–H groups in total. The van der Waals surface area contributed by atoms with E-state index in [4.69, 9.17) is 5.73 Å². The van der Waals surface area contributed by atoms with Crippen molar-refractivity contribution in [3.63, 3.8) is 0 Å². The highest BCUT2D eigenvalue weighted by atomic mass is 32.2. The molecule has 1 aromatic rings. The molecule has 0 bridgehead atoms. The molecule has 0 unspecified atom stereocenters. The first-order valence-electron chi connectivity index (χ1n) is 6.16. The summed E-state index contributed by atoms with van der Waals surface area (Å²) in [5.74, 6) is 0.628. The summed E-state index contributed by atoms with van der Waals surface area (Å²) in [6, 6.07) is 6.50. The average molecular weight is 253 g/mol. The van der Waals surface area contributed by atoms with Gasteiger partial charge in [0.1, 0.15) is 0 Å². The van der Waals surface area contributed by atoms with Gasteiger partial charge in [-0.05, 0) is 43.0 Å². The van der Waals surface area contributed by atoms with Crippen molar-refractivity contribution >= 4 is 15.5 Å². The standard InChI is InChI=1S/C13H19NO2S/c14-12-6-8-13(9-7-12)17(15,16)10-11-4-2-1-3-5-11/h6-9,11H,1-5,10,14H2. The molecular weight excluding hydrogens is 234 g/mol. The fourth-order valence-electron chi connectivity index (χ4n) is 2.44. The van der Waals surface area contributed by atoms with Crippen molar-refractivity contribution in [2.24, 2.45) is 5.92 Å². The molecule has 0 spiro atoms. The third-order valence-corrected chi connectivity index (χ3v) is 5.32. The zero-order valence-corrected chi connectivity index (χ0v) is 10.7. The second-order valence-corrected chi connectivity index (χ2v) is 6.89. The Labute approximate surface area is 103 Å². The van der Waals surface area contributed by atoms with Gasteiger partial charge < -0.3 is 5.73 Å². The van der Waals surface area contributed by atoms with Crippen LogP contribution in [0.4, 0.5) is 5.69 Å². The highest BCUT2D eigenvalue weighted by molar-refractivity contribution is 7.91. The normalized spacial score (nSPS) is 18.1. The topological polar surface area (TPSA) is 60.2 Å². The van der Waals surface area contributed by atoms with Crippen LogP contribution >= 0.6 is 0 Å². The van der Waals surface area contributed by atoms with Crippen LogP contribution in [0.5, 0.6) is 0 Å². The van der Waals surface area contributed by atoms with Crippen molar-refractivity contribution in [2.45, 2.75) is 37.0 Å². The molecule has 0 amide bonds. The lowest BCUT2D eigenvalue weighted by Gasteiger charge is -2.21. The number of anilines is 1. The SMILES string of the molecule is Nc1ccc(S(=O)(=O)CC2CCCCC2)cc1. The fraction of sp³-hybridized carbons (Fsp3) is 0.538. The van der Waals surface area contributed by atoms with Crippen molar-refractivity contribution in [1.82, 2.24) is 0 Å². The summed E-state index contributed by atoms with van der Waals surface area (Å²) in [5.41, 5.74) is 6.16. The van der Waals surface area contributed by atoms with Crippen LogP contribution in [0.25, 0.3) is 0 Å². The number of hydrogen-bond acceptors (Lipinski definition) is 3. The highest BCUT2D eigenvalue weighted by Crippen LogP contribution is 2.27. The Bertz CT molecular complexity index is 459. The van der Waals surface area contributed by atoms with Crippen LogP contribution in [0.3, 0.4) is 0 Å². The molecule has 0 atom stereocenters. The maximum absolute atomic E-state index is 12.2. The largest absolute Gasteiger partial charge is 0.399 e. The molecule has 0 saturated heterocycles. The minimum absolute atomic E-state index is 0.289. The third-order valence-electron chi connectivity index (χ3n) is 3.42. The molecule has 1 aromatic carbocycles. The van der Waals surface area contributed by atoms with Gasteiger partial charge in [0.25, 0.3) is 0 Å². The smallest absolute Gasteiger partial charge is 0.178 e. The molecule has 1 aliphatic carbocycles. The van der Waals surface area contributed by atoms with E-state index in [0.29, 0.717) is 16.5 Å². The van der Waals surface area contributed by atoms with Gasteiger partial charge in [-0.1, -0.05) is 19.3 Å². The summed E-state index contributed by atoms with van der Waals surface area (Å²) in [5, 5.41) is 0. The summed E-state index contributed by atoms with van der Waals surface area (Å²) in [6.45, 7) is 0.